The zero-order chi connectivity index (χ0) is 19.4. The number of hydrogen-bond acceptors (Lipinski definition) is 5. The second-order valence-corrected chi connectivity index (χ2v) is 7.13. The molecular weight excluding hydrogens is 338 g/mol. The maximum atomic E-state index is 12.6. The Labute approximate surface area is 162 Å². The Bertz CT molecular complexity index is 795. The third-order valence-corrected chi connectivity index (χ3v) is 5.62. The summed E-state index contributed by atoms with van der Waals surface area (Å²) in [7, 11) is 0. The largest absolute Gasteiger partial charge is 0.370 e. The smallest absolute Gasteiger partial charge is 0.225 e. The fraction of sp³-hybridized carbons (Fsp3) is 0.619. The van der Waals surface area contributed by atoms with Crippen molar-refractivity contribution >= 4 is 22.8 Å². The standard InChI is InChI=1S/C21H31N5O/c1-5-17-18(6-2)24-20-19(23-17)13-16(14-22-20)26-11-9-15(10-12-26)21(27)25(7-3)8-4/h13-15H,5-12H2,1-4H3. The molecule has 1 fully saturated rings. The van der Waals surface area contributed by atoms with Gasteiger partial charge < -0.3 is 9.80 Å². The molecule has 2 aromatic rings. The number of aromatic nitrogens is 3. The number of anilines is 1. The van der Waals surface area contributed by atoms with Gasteiger partial charge in [0.05, 0.1) is 23.3 Å². The number of aryl methyl sites for hydroxylation is 2. The summed E-state index contributed by atoms with van der Waals surface area (Å²) in [5.74, 6) is 0.454. The molecule has 2 aromatic heterocycles. The van der Waals surface area contributed by atoms with Crippen LogP contribution in [0.2, 0.25) is 0 Å². The van der Waals surface area contributed by atoms with Crippen LogP contribution in [-0.2, 0) is 17.6 Å². The molecule has 6 nitrogen and oxygen atoms in total. The molecular formula is C21H31N5O. The SMILES string of the molecule is CCc1nc2cc(N3CCC(C(=O)N(CC)CC)CC3)cnc2nc1CC. The number of nitrogens with zero attached hydrogens (tertiary/aromatic N) is 5. The van der Waals surface area contributed by atoms with Crippen LogP contribution in [0.3, 0.4) is 0 Å². The van der Waals surface area contributed by atoms with Crippen molar-refractivity contribution in [2.75, 3.05) is 31.1 Å². The monoisotopic (exact) mass is 369 g/mol. The zero-order valence-corrected chi connectivity index (χ0v) is 17.0. The van der Waals surface area contributed by atoms with Crippen LogP contribution in [-0.4, -0.2) is 51.9 Å². The molecule has 6 heteroatoms. The Morgan fingerprint density at radius 2 is 1.70 bits per heavy atom. The van der Waals surface area contributed by atoms with Crippen LogP contribution >= 0.6 is 0 Å². The van der Waals surface area contributed by atoms with Crippen molar-refractivity contribution in [2.45, 2.75) is 53.4 Å². The molecule has 0 unspecified atom stereocenters. The molecule has 0 aliphatic carbocycles. The number of carbonyl (C=O) groups is 1. The fourth-order valence-corrected chi connectivity index (χ4v) is 3.92. The molecule has 0 spiro atoms. The van der Waals surface area contributed by atoms with Crippen LogP contribution < -0.4 is 4.90 Å². The summed E-state index contributed by atoms with van der Waals surface area (Å²) < 4.78 is 0. The lowest BCUT2D eigenvalue weighted by atomic mass is 9.95. The van der Waals surface area contributed by atoms with Gasteiger partial charge in [-0.2, -0.15) is 0 Å². The maximum absolute atomic E-state index is 12.6. The first-order chi connectivity index (χ1) is 13.1. The Hall–Kier alpha value is -2.24. The summed E-state index contributed by atoms with van der Waals surface area (Å²) in [5.41, 5.74) is 4.77. The van der Waals surface area contributed by atoms with Gasteiger partial charge in [0.15, 0.2) is 5.65 Å². The van der Waals surface area contributed by atoms with Crippen molar-refractivity contribution in [3.05, 3.63) is 23.7 Å². The molecule has 3 rings (SSSR count). The average Bonchev–Trinajstić information content (AvgIpc) is 2.73. The highest BCUT2D eigenvalue weighted by atomic mass is 16.2. The van der Waals surface area contributed by atoms with Crippen molar-refractivity contribution in [2.24, 2.45) is 5.92 Å². The third kappa shape index (κ3) is 4.04. The first-order valence-electron chi connectivity index (χ1n) is 10.3. The van der Waals surface area contributed by atoms with Crippen molar-refractivity contribution in [1.29, 1.82) is 0 Å². The molecule has 3 heterocycles. The van der Waals surface area contributed by atoms with E-state index < -0.39 is 0 Å². The molecule has 0 radical (unpaired) electrons. The summed E-state index contributed by atoms with van der Waals surface area (Å²) in [6.07, 6.45) is 5.45. The van der Waals surface area contributed by atoms with Gasteiger partial charge in [0.1, 0.15) is 5.52 Å². The van der Waals surface area contributed by atoms with Crippen molar-refractivity contribution in [3.63, 3.8) is 0 Å². The fourth-order valence-electron chi connectivity index (χ4n) is 3.92. The van der Waals surface area contributed by atoms with Crippen LogP contribution in [0, 0.1) is 5.92 Å². The number of rotatable bonds is 6. The maximum Gasteiger partial charge on any atom is 0.225 e. The van der Waals surface area contributed by atoms with Crippen LogP contribution in [0.1, 0.15) is 51.9 Å². The summed E-state index contributed by atoms with van der Waals surface area (Å²) >= 11 is 0. The second kappa shape index (κ2) is 8.63. The number of piperidine rings is 1. The summed E-state index contributed by atoms with van der Waals surface area (Å²) in [6.45, 7) is 11.7. The first kappa shape index (κ1) is 19.5. The van der Waals surface area contributed by atoms with Gasteiger partial charge in [0, 0.05) is 32.1 Å². The van der Waals surface area contributed by atoms with Gasteiger partial charge in [0.25, 0.3) is 0 Å². The summed E-state index contributed by atoms with van der Waals surface area (Å²) in [4.78, 5) is 30.9. The van der Waals surface area contributed by atoms with E-state index in [1.807, 2.05) is 24.9 Å². The lowest BCUT2D eigenvalue weighted by molar-refractivity contribution is -0.135. The topological polar surface area (TPSA) is 62.2 Å². The minimum Gasteiger partial charge on any atom is -0.370 e. The van der Waals surface area contributed by atoms with E-state index in [0.717, 1.165) is 80.1 Å². The molecule has 0 N–H and O–H groups in total. The molecule has 1 aliphatic rings. The number of fused-ring (bicyclic) bond motifs is 1. The molecule has 146 valence electrons. The third-order valence-electron chi connectivity index (χ3n) is 5.62. The quantitative estimate of drug-likeness (QED) is 0.782. The minimum absolute atomic E-state index is 0.146. The summed E-state index contributed by atoms with van der Waals surface area (Å²) in [6, 6.07) is 2.10. The van der Waals surface area contributed by atoms with Crippen LogP contribution in [0.4, 0.5) is 5.69 Å². The van der Waals surface area contributed by atoms with E-state index in [1.165, 1.54) is 0 Å². The molecule has 1 aliphatic heterocycles. The number of amides is 1. The Kier molecular flexibility index (Phi) is 6.24. The van der Waals surface area contributed by atoms with E-state index in [9.17, 15) is 4.79 Å². The highest BCUT2D eigenvalue weighted by Crippen LogP contribution is 2.26. The van der Waals surface area contributed by atoms with Gasteiger partial charge in [-0.25, -0.2) is 15.0 Å². The molecule has 0 aromatic carbocycles. The normalized spacial score (nSPS) is 15.3. The minimum atomic E-state index is 0.146. The van der Waals surface area contributed by atoms with E-state index in [0.29, 0.717) is 5.91 Å². The van der Waals surface area contributed by atoms with Crippen LogP contribution in [0.15, 0.2) is 12.3 Å². The summed E-state index contributed by atoms with van der Waals surface area (Å²) in [5, 5.41) is 0. The van der Waals surface area contributed by atoms with E-state index in [4.69, 9.17) is 4.98 Å². The highest BCUT2D eigenvalue weighted by molar-refractivity contribution is 5.79. The average molecular weight is 370 g/mol. The second-order valence-electron chi connectivity index (χ2n) is 7.13. The van der Waals surface area contributed by atoms with E-state index in [-0.39, 0.29) is 5.92 Å². The van der Waals surface area contributed by atoms with E-state index in [1.54, 1.807) is 0 Å². The van der Waals surface area contributed by atoms with Gasteiger partial charge in [-0.05, 0) is 45.6 Å². The van der Waals surface area contributed by atoms with E-state index in [2.05, 4.69) is 34.8 Å². The van der Waals surface area contributed by atoms with Gasteiger partial charge in [0.2, 0.25) is 5.91 Å². The Balaban J connectivity index is 1.74. The highest BCUT2D eigenvalue weighted by Gasteiger charge is 2.27. The van der Waals surface area contributed by atoms with Crippen molar-refractivity contribution in [1.82, 2.24) is 19.9 Å². The predicted molar refractivity (Wildman–Crippen MR) is 109 cm³/mol. The lowest BCUT2D eigenvalue weighted by Crippen LogP contribution is -2.42. The lowest BCUT2D eigenvalue weighted by Gasteiger charge is -2.34. The van der Waals surface area contributed by atoms with Crippen molar-refractivity contribution in [3.8, 4) is 0 Å². The molecule has 0 saturated carbocycles. The van der Waals surface area contributed by atoms with Crippen LogP contribution in [0.5, 0.6) is 0 Å². The van der Waals surface area contributed by atoms with E-state index >= 15 is 0 Å². The Morgan fingerprint density at radius 3 is 2.30 bits per heavy atom. The van der Waals surface area contributed by atoms with Gasteiger partial charge in [-0.15, -0.1) is 0 Å². The number of carbonyl (C=O) groups excluding carboxylic acids is 1. The molecule has 1 saturated heterocycles. The van der Waals surface area contributed by atoms with Crippen LogP contribution in [0.25, 0.3) is 11.2 Å². The molecule has 0 atom stereocenters. The zero-order valence-electron chi connectivity index (χ0n) is 17.0. The molecule has 27 heavy (non-hydrogen) atoms. The van der Waals surface area contributed by atoms with Gasteiger partial charge in [-0.1, -0.05) is 13.8 Å². The number of pyridine rings is 1. The number of hydrogen-bond donors (Lipinski definition) is 0. The predicted octanol–water partition coefficient (Wildman–Crippen LogP) is 3.23. The Morgan fingerprint density at radius 1 is 1.07 bits per heavy atom. The molecule has 0 bridgehead atoms. The van der Waals surface area contributed by atoms with Gasteiger partial charge >= 0.3 is 0 Å². The molecule has 1 amide bonds. The van der Waals surface area contributed by atoms with Crippen molar-refractivity contribution < 1.29 is 4.79 Å². The van der Waals surface area contributed by atoms with Gasteiger partial charge in [-0.3, -0.25) is 4.79 Å². The first-order valence-corrected chi connectivity index (χ1v) is 10.3.